The first-order chi connectivity index (χ1) is 12.7. The molecule has 0 heterocycles. The Hall–Kier alpha value is -3.02. The second kappa shape index (κ2) is 10.1. The molecule has 0 aliphatic rings. The summed E-state index contributed by atoms with van der Waals surface area (Å²) in [6, 6.07) is 13.7. The van der Waals surface area contributed by atoms with E-state index < -0.39 is 11.8 Å². The molecule has 0 saturated heterocycles. The number of hydrazine groups is 1. The number of rotatable bonds is 8. The molecular formula is C20H24N2O4. The lowest BCUT2D eigenvalue weighted by Crippen LogP contribution is -2.41. The molecule has 0 aromatic heterocycles. The molecule has 2 N–H and O–H groups in total. The van der Waals surface area contributed by atoms with Crippen molar-refractivity contribution in [3.63, 3.8) is 0 Å². The van der Waals surface area contributed by atoms with E-state index in [0.717, 1.165) is 12.8 Å². The van der Waals surface area contributed by atoms with Gasteiger partial charge >= 0.3 is 0 Å². The van der Waals surface area contributed by atoms with Gasteiger partial charge in [0.1, 0.15) is 11.5 Å². The van der Waals surface area contributed by atoms with Crippen LogP contribution in [0.2, 0.25) is 0 Å². The van der Waals surface area contributed by atoms with Gasteiger partial charge in [-0.25, -0.2) is 0 Å². The summed E-state index contributed by atoms with van der Waals surface area (Å²) in [6.45, 7) is 5.09. The molecule has 0 spiro atoms. The number of benzene rings is 2. The molecule has 0 unspecified atom stereocenters. The number of para-hydroxylation sites is 1. The number of amides is 2. The average Bonchev–Trinajstić information content (AvgIpc) is 2.69. The second-order valence-corrected chi connectivity index (χ2v) is 5.63. The molecular weight excluding hydrogens is 332 g/mol. The van der Waals surface area contributed by atoms with Crippen LogP contribution in [0.4, 0.5) is 0 Å². The first-order valence-corrected chi connectivity index (χ1v) is 8.71. The molecule has 138 valence electrons. The molecule has 0 atom stereocenters. The van der Waals surface area contributed by atoms with Gasteiger partial charge in [-0.2, -0.15) is 0 Å². The van der Waals surface area contributed by atoms with Crippen molar-refractivity contribution in [3.8, 4) is 11.5 Å². The zero-order chi connectivity index (χ0) is 18.8. The van der Waals surface area contributed by atoms with Crippen LogP contribution >= 0.6 is 0 Å². The van der Waals surface area contributed by atoms with Crippen molar-refractivity contribution in [1.29, 1.82) is 0 Å². The summed E-state index contributed by atoms with van der Waals surface area (Å²) < 4.78 is 11.1. The fraction of sp³-hybridized carbons (Fsp3) is 0.300. The van der Waals surface area contributed by atoms with Crippen LogP contribution in [-0.2, 0) is 0 Å². The summed E-state index contributed by atoms with van der Waals surface area (Å²) in [5.74, 6) is 0.232. The van der Waals surface area contributed by atoms with Gasteiger partial charge in [0, 0.05) is 5.56 Å². The van der Waals surface area contributed by atoms with E-state index >= 15 is 0 Å². The van der Waals surface area contributed by atoms with Gasteiger partial charge in [-0.1, -0.05) is 32.0 Å². The Bertz CT molecular complexity index is 746. The SMILES string of the molecule is CCCOc1cccc(C(=O)NNC(=O)c2ccccc2OCCC)c1. The number of hydrogen-bond acceptors (Lipinski definition) is 4. The quantitative estimate of drug-likeness (QED) is 0.711. The maximum atomic E-state index is 12.3. The molecule has 0 radical (unpaired) electrons. The molecule has 2 aromatic carbocycles. The zero-order valence-electron chi connectivity index (χ0n) is 15.1. The monoisotopic (exact) mass is 356 g/mol. The topological polar surface area (TPSA) is 76.7 Å². The van der Waals surface area contributed by atoms with E-state index in [1.54, 1.807) is 48.5 Å². The van der Waals surface area contributed by atoms with Crippen molar-refractivity contribution in [2.75, 3.05) is 13.2 Å². The van der Waals surface area contributed by atoms with Crippen LogP contribution < -0.4 is 20.3 Å². The lowest BCUT2D eigenvalue weighted by molar-refractivity contribution is 0.0844. The van der Waals surface area contributed by atoms with Gasteiger partial charge < -0.3 is 9.47 Å². The second-order valence-electron chi connectivity index (χ2n) is 5.63. The Morgan fingerprint density at radius 3 is 2.31 bits per heavy atom. The smallest absolute Gasteiger partial charge is 0.273 e. The maximum absolute atomic E-state index is 12.3. The highest BCUT2D eigenvalue weighted by molar-refractivity contribution is 6.00. The van der Waals surface area contributed by atoms with Crippen molar-refractivity contribution in [2.45, 2.75) is 26.7 Å². The molecule has 6 heteroatoms. The maximum Gasteiger partial charge on any atom is 0.273 e. The first kappa shape index (κ1) is 19.3. The van der Waals surface area contributed by atoms with E-state index in [2.05, 4.69) is 10.9 Å². The number of carbonyl (C=O) groups is 2. The fourth-order valence-electron chi connectivity index (χ4n) is 2.19. The summed E-state index contributed by atoms with van der Waals surface area (Å²) >= 11 is 0. The standard InChI is InChI=1S/C20H24N2O4/c1-3-12-25-16-9-7-8-15(14-16)19(23)21-22-20(24)17-10-5-6-11-18(17)26-13-4-2/h5-11,14H,3-4,12-13H2,1-2H3,(H,21,23)(H,22,24). The van der Waals surface area contributed by atoms with Gasteiger partial charge in [0.15, 0.2) is 0 Å². The molecule has 0 fully saturated rings. The van der Waals surface area contributed by atoms with E-state index in [9.17, 15) is 9.59 Å². The average molecular weight is 356 g/mol. The van der Waals surface area contributed by atoms with Crippen molar-refractivity contribution < 1.29 is 19.1 Å². The van der Waals surface area contributed by atoms with E-state index in [-0.39, 0.29) is 0 Å². The number of nitrogens with one attached hydrogen (secondary N) is 2. The Morgan fingerprint density at radius 1 is 0.846 bits per heavy atom. The summed E-state index contributed by atoms with van der Waals surface area (Å²) in [6.07, 6.45) is 1.72. The molecule has 2 aromatic rings. The van der Waals surface area contributed by atoms with Crippen molar-refractivity contribution in [3.05, 3.63) is 59.7 Å². The van der Waals surface area contributed by atoms with Gasteiger partial charge in [-0.15, -0.1) is 0 Å². The van der Waals surface area contributed by atoms with Crippen molar-refractivity contribution >= 4 is 11.8 Å². The summed E-state index contributed by atoms with van der Waals surface area (Å²) in [7, 11) is 0. The van der Waals surface area contributed by atoms with Crippen LogP contribution in [0.3, 0.4) is 0 Å². The third kappa shape index (κ3) is 5.51. The minimum Gasteiger partial charge on any atom is -0.494 e. The van der Waals surface area contributed by atoms with E-state index in [4.69, 9.17) is 9.47 Å². The van der Waals surface area contributed by atoms with Gasteiger partial charge in [0.25, 0.3) is 11.8 Å². The summed E-state index contributed by atoms with van der Waals surface area (Å²) in [5.41, 5.74) is 5.59. The summed E-state index contributed by atoms with van der Waals surface area (Å²) in [4.78, 5) is 24.6. The molecule has 0 saturated carbocycles. The molecule has 6 nitrogen and oxygen atoms in total. The van der Waals surface area contributed by atoms with E-state index in [1.807, 2.05) is 13.8 Å². The highest BCUT2D eigenvalue weighted by atomic mass is 16.5. The molecule has 26 heavy (non-hydrogen) atoms. The number of carbonyl (C=O) groups excluding carboxylic acids is 2. The molecule has 2 amide bonds. The van der Waals surface area contributed by atoms with Crippen LogP contribution in [0.1, 0.15) is 47.4 Å². The highest BCUT2D eigenvalue weighted by Crippen LogP contribution is 2.18. The van der Waals surface area contributed by atoms with Gasteiger partial charge in [-0.05, 0) is 43.2 Å². The number of ether oxygens (including phenoxy) is 2. The van der Waals surface area contributed by atoms with Crippen LogP contribution in [0.15, 0.2) is 48.5 Å². The summed E-state index contributed by atoms with van der Waals surface area (Å²) in [5, 5.41) is 0. The third-order valence-electron chi connectivity index (χ3n) is 3.45. The largest absolute Gasteiger partial charge is 0.494 e. The lowest BCUT2D eigenvalue weighted by atomic mass is 10.2. The Balaban J connectivity index is 1.98. The van der Waals surface area contributed by atoms with Crippen molar-refractivity contribution in [1.82, 2.24) is 10.9 Å². The fourth-order valence-corrected chi connectivity index (χ4v) is 2.19. The van der Waals surface area contributed by atoms with E-state index in [0.29, 0.717) is 35.8 Å². The Kier molecular flexibility index (Phi) is 7.49. The van der Waals surface area contributed by atoms with Gasteiger partial charge in [0.2, 0.25) is 0 Å². The van der Waals surface area contributed by atoms with Crippen LogP contribution in [-0.4, -0.2) is 25.0 Å². The first-order valence-electron chi connectivity index (χ1n) is 8.71. The molecule has 0 aliphatic carbocycles. The highest BCUT2D eigenvalue weighted by Gasteiger charge is 2.14. The van der Waals surface area contributed by atoms with Gasteiger partial charge in [-0.3, -0.25) is 20.4 Å². The predicted octanol–water partition coefficient (Wildman–Crippen LogP) is 3.34. The van der Waals surface area contributed by atoms with Crippen LogP contribution in [0.25, 0.3) is 0 Å². The minimum atomic E-state index is -0.441. The lowest BCUT2D eigenvalue weighted by Gasteiger charge is -2.12. The Labute approximate surface area is 153 Å². The van der Waals surface area contributed by atoms with Crippen LogP contribution in [0, 0.1) is 0 Å². The molecule has 0 bridgehead atoms. The van der Waals surface area contributed by atoms with E-state index in [1.165, 1.54) is 0 Å². The van der Waals surface area contributed by atoms with Gasteiger partial charge in [0.05, 0.1) is 18.8 Å². The Morgan fingerprint density at radius 2 is 1.54 bits per heavy atom. The zero-order valence-corrected chi connectivity index (χ0v) is 15.1. The van der Waals surface area contributed by atoms with Crippen molar-refractivity contribution in [2.24, 2.45) is 0 Å². The predicted molar refractivity (Wildman–Crippen MR) is 99.4 cm³/mol. The number of hydrogen-bond donors (Lipinski definition) is 2. The normalized spacial score (nSPS) is 10.1. The third-order valence-corrected chi connectivity index (χ3v) is 3.45. The molecule has 0 aliphatic heterocycles. The van der Waals surface area contributed by atoms with Crippen LogP contribution in [0.5, 0.6) is 11.5 Å². The minimum absolute atomic E-state index is 0.362. The molecule has 2 rings (SSSR count).